The third kappa shape index (κ3) is 2.25. The molecule has 2 rings (SSSR count). The molecule has 1 heterocycles. The molecule has 1 aromatic heterocycles. The Balaban J connectivity index is 2.27. The smallest absolute Gasteiger partial charge is 0.185 e. The fourth-order valence-corrected chi connectivity index (χ4v) is 2.32. The van der Waals surface area contributed by atoms with Gasteiger partial charge in [-0.1, -0.05) is 30.3 Å². The maximum Gasteiger partial charge on any atom is 0.185 e. The zero-order valence-corrected chi connectivity index (χ0v) is 10.7. The van der Waals surface area contributed by atoms with Crippen molar-refractivity contribution in [1.82, 2.24) is 4.98 Å². The Hall–Kier alpha value is -1.35. The number of aromatic nitrogens is 1. The van der Waals surface area contributed by atoms with Gasteiger partial charge in [0.05, 0.1) is 5.69 Å². The van der Waals surface area contributed by atoms with Gasteiger partial charge in [0.1, 0.15) is 0 Å². The van der Waals surface area contributed by atoms with Gasteiger partial charge in [-0.2, -0.15) is 0 Å². The molecule has 1 aromatic carbocycles. The molecule has 0 bridgehead atoms. The molecule has 0 saturated heterocycles. The molecule has 0 aliphatic heterocycles. The number of thiazole rings is 1. The summed E-state index contributed by atoms with van der Waals surface area (Å²) in [5, 5.41) is 3.19. The maximum absolute atomic E-state index is 4.65. The molecule has 84 valence electrons. The molecule has 0 aliphatic rings. The molecule has 0 spiro atoms. The summed E-state index contributed by atoms with van der Waals surface area (Å²) in [5.41, 5.74) is 2.25. The van der Waals surface area contributed by atoms with Crippen molar-refractivity contribution in [3.05, 3.63) is 35.7 Å². The highest BCUT2D eigenvalue weighted by Crippen LogP contribution is 2.27. The number of anilines is 1. The van der Waals surface area contributed by atoms with Gasteiger partial charge in [0.25, 0.3) is 0 Å². The van der Waals surface area contributed by atoms with Gasteiger partial charge >= 0.3 is 0 Å². The summed E-state index contributed by atoms with van der Waals surface area (Å²) in [6.45, 7) is 4.34. The van der Waals surface area contributed by atoms with Gasteiger partial charge < -0.3 is 4.90 Å². The van der Waals surface area contributed by atoms with E-state index < -0.39 is 0 Å². The minimum Gasteiger partial charge on any atom is -0.349 e. The lowest BCUT2D eigenvalue weighted by atomic mass is 10.2. The Kier molecular flexibility index (Phi) is 3.25. The molecule has 0 aliphatic carbocycles. The maximum atomic E-state index is 4.65. The van der Waals surface area contributed by atoms with Crippen molar-refractivity contribution in [1.29, 1.82) is 0 Å². The average Bonchev–Trinajstić information content (AvgIpc) is 2.78. The van der Waals surface area contributed by atoms with E-state index in [2.05, 4.69) is 48.3 Å². The van der Waals surface area contributed by atoms with E-state index in [9.17, 15) is 0 Å². The predicted molar refractivity (Wildman–Crippen MR) is 71.1 cm³/mol. The summed E-state index contributed by atoms with van der Waals surface area (Å²) in [6, 6.07) is 10.8. The number of hydrogen-bond acceptors (Lipinski definition) is 3. The lowest BCUT2D eigenvalue weighted by molar-refractivity contribution is 0.752. The largest absolute Gasteiger partial charge is 0.349 e. The number of benzene rings is 1. The van der Waals surface area contributed by atoms with Crippen LogP contribution in [-0.4, -0.2) is 18.1 Å². The first-order valence-corrected chi connectivity index (χ1v) is 6.30. The van der Waals surface area contributed by atoms with E-state index in [1.165, 1.54) is 5.56 Å². The molecule has 0 amide bonds. The molecule has 3 heteroatoms. The second-order valence-corrected chi connectivity index (χ2v) is 4.92. The van der Waals surface area contributed by atoms with Gasteiger partial charge in [-0.05, 0) is 13.8 Å². The van der Waals surface area contributed by atoms with Gasteiger partial charge in [0.15, 0.2) is 5.13 Å². The van der Waals surface area contributed by atoms with Crippen LogP contribution >= 0.6 is 11.3 Å². The van der Waals surface area contributed by atoms with Crippen LogP contribution in [0, 0.1) is 0 Å². The van der Waals surface area contributed by atoms with Crippen LogP contribution in [0.3, 0.4) is 0 Å². The van der Waals surface area contributed by atoms with Crippen LogP contribution < -0.4 is 4.90 Å². The van der Waals surface area contributed by atoms with Crippen LogP contribution in [0.2, 0.25) is 0 Å². The van der Waals surface area contributed by atoms with E-state index in [1.54, 1.807) is 11.3 Å². The van der Waals surface area contributed by atoms with E-state index in [0.717, 1.165) is 10.8 Å². The molecule has 0 fully saturated rings. The number of nitrogens with zero attached hydrogens (tertiary/aromatic N) is 2. The van der Waals surface area contributed by atoms with Crippen molar-refractivity contribution in [2.75, 3.05) is 11.9 Å². The Morgan fingerprint density at radius 2 is 1.88 bits per heavy atom. The Morgan fingerprint density at radius 3 is 2.50 bits per heavy atom. The van der Waals surface area contributed by atoms with E-state index in [1.807, 2.05) is 18.2 Å². The van der Waals surface area contributed by atoms with Crippen molar-refractivity contribution in [2.24, 2.45) is 0 Å². The molecule has 0 N–H and O–H groups in total. The summed E-state index contributed by atoms with van der Waals surface area (Å²) >= 11 is 1.70. The average molecular weight is 232 g/mol. The zero-order chi connectivity index (χ0) is 11.5. The highest BCUT2D eigenvalue weighted by molar-refractivity contribution is 7.14. The van der Waals surface area contributed by atoms with Crippen LogP contribution in [0.5, 0.6) is 0 Å². The Labute approximate surface area is 101 Å². The summed E-state index contributed by atoms with van der Waals surface area (Å²) in [6.07, 6.45) is 0. The quantitative estimate of drug-likeness (QED) is 0.803. The first-order valence-electron chi connectivity index (χ1n) is 5.42. The van der Waals surface area contributed by atoms with Crippen LogP contribution in [0.25, 0.3) is 11.3 Å². The normalized spacial score (nSPS) is 10.8. The van der Waals surface area contributed by atoms with E-state index >= 15 is 0 Å². The summed E-state index contributed by atoms with van der Waals surface area (Å²) in [5.74, 6) is 0. The second-order valence-electron chi connectivity index (χ2n) is 4.09. The summed E-state index contributed by atoms with van der Waals surface area (Å²) in [7, 11) is 2.08. The fourth-order valence-electron chi connectivity index (χ4n) is 1.39. The monoisotopic (exact) mass is 232 g/mol. The molecule has 0 unspecified atom stereocenters. The first kappa shape index (κ1) is 11.1. The van der Waals surface area contributed by atoms with Crippen LogP contribution in [0.1, 0.15) is 13.8 Å². The highest BCUT2D eigenvalue weighted by atomic mass is 32.1. The van der Waals surface area contributed by atoms with E-state index in [0.29, 0.717) is 6.04 Å². The van der Waals surface area contributed by atoms with Gasteiger partial charge in [-0.15, -0.1) is 11.3 Å². The molecular weight excluding hydrogens is 216 g/mol. The van der Waals surface area contributed by atoms with Crippen molar-refractivity contribution >= 4 is 16.5 Å². The second kappa shape index (κ2) is 4.66. The molecule has 0 radical (unpaired) electrons. The van der Waals surface area contributed by atoms with Crippen LogP contribution in [0.15, 0.2) is 35.7 Å². The number of rotatable bonds is 3. The minimum absolute atomic E-state index is 0.481. The SMILES string of the molecule is CC(C)N(C)c1nc(-c2ccccc2)cs1. The van der Waals surface area contributed by atoms with Crippen molar-refractivity contribution < 1.29 is 0 Å². The van der Waals surface area contributed by atoms with E-state index in [-0.39, 0.29) is 0 Å². The highest BCUT2D eigenvalue weighted by Gasteiger charge is 2.10. The van der Waals surface area contributed by atoms with Gasteiger partial charge in [0, 0.05) is 24.0 Å². The molecule has 16 heavy (non-hydrogen) atoms. The van der Waals surface area contributed by atoms with Crippen molar-refractivity contribution in [2.45, 2.75) is 19.9 Å². The fraction of sp³-hybridized carbons (Fsp3) is 0.308. The molecule has 0 atom stereocenters. The standard InChI is InChI=1S/C13H16N2S/c1-10(2)15(3)13-14-12(9-16-13)11-7-5-4-6-8-11/h4-10H,1-3H3. The minimum atomic E-state index is 0.481. The van der Waals surface area contributed by atoms with Crippen molar-refractivity contribution in [3.8, 4) is 11.3 Å². The number of hydrogen-bond donors (Lipinski definition) is 0. The van der Waals surface area contributed by atoms with Gasteiger partial charge in [-0.3, -0.25) is 0 Å². The van der Waals surface area contributed by atoms with Crippen LogP contribution in [0.4, 0.5) is 5.13 Å². The predicted octanol–water partition coefficient (Wildman–Crippen LogP) is 3.65. The topological polar surface area (TPSA) is 16.1 Å². The molecule has 2 nitrogen and oxygen atoms in total. The summed E-state index contributed by atoms with van der Waals surface area (Å²) < 4.78 is 0. The zero-order valence-electron chi connectivity index (χ0n) is 9.84. The lowest BCUT2D eigenvalue weighted by Gasteiger charge is -2.19. The Bertz CT molecular complexity index is 448. The first-order chi connectivity index (χ1) is 7.68. The van der Waals surface area contributed by atoms with Crippen molar-refractivity contribution in [3.63, 3.8) is 0 Å². The molecular formula is C13H16N2S. The van der Waals surface area contributed by atoms with Crippen LogP contribution in [-0.2, 0) is 0 Å². The van der Waals surface area contributed by atoms with Gasteiger partial charge in [-0.25, -0.2) is 4.98 Å². The third-order valence-corrected chi connectivity index (χ3v) is 3.57. The molecule has 0 saturated carbocycles. The van der Waals surface area contributed by atoms with E-state index in [4.69, 9.17) is 0 Å². The molecule has 2 aromatic rings. The van der Waals surface area contributed by atoms with Gasteiger partial charge in [0.2, 0.25) is 0 Å². The lowest BCUT2D eigenvalue weighted by Crippen LogP contribution is -2.25. The summed E-state index contributed by atoms with van der Waals surface area (Å²) in [4.78, 5) is 6.84. The Morgan fingerprint density at radius 1 is 1.19 bits per heavy atom. The third-order valence-electron chi connectivity index (χ3n) is 2.64.